The molecule has 4 heteroatoms. The molecule has 0 unspecified atom stereocenters. The van der Waals surface area contributed by atoms with Crippen molar-refractivity contribution >= 4 is 17.6 Å². The summed E-state index contributed by atoms with van der Waals surface area (Å²) in [5.41, 5.74) is -0.363. The average Bonchev–Trinajstić information content (AvgIpc) is 2.05. The smallest absolute Gasteiger partial charge is 0.335 e. The highest BCUT2D eigenvalue weighted by Gasteiger charge is 1.96. The molecule has 0 fully saturated rings. The molecule has 0 saturated heterocycles. The minimum absolute atomic E-state index is 0.331. The largest absolute Gasteiger partial charge is 0.478 e. The molecule has 0 aliphatic carbocycles. The number of halogens is 1. The second-order valence-electron chi connectivity index (χ2n) is 2.25. The summed E-state index contributed by atoms with van der Waals surface area (Å²) in [5, 5.41) is 16.2. The van der Waals surface area contributed by atoms with Gasteiger partial charge in [0.2, 0.25) is 0 Å². The maximum absolute atomic E-state index is 10.2. The van der Waals surface area contributed by atoms with Crippen molar-refractivity contribution < 1.29 is 15.0 Å². The van der Waals surface area contributed by atoms with E-state index in [2.05, 4.69) is 0 Å². The van der Waals surface area contributed by atoms with Gasteiger partial charge >= 0.3 is 5.97 Å². The van der Waals surface area contributed by atoms with Crippen LogP contribution < -0.4 is 0 Å². The molecule has 13 heavy (non-hydrogen) atoms. The van der Waals surface area contributed by atoms with Gasteiger partial charge in [0.05, 0.1) is 5.56 Å². The quantitative estimate of drug-likeness (QED) is 0.685. The second-order valence-corrected chi connectivity index (χ2v) is 2.88. The normalized spacial score (nSPS) is 11.0. The van der Waals surface area contributed by atoms with Gasteiger partial charge in [-0.1, -0.05) is 29.8 Å². The van der Waals surface area contributed by atoms with E-state index in [0.29, 0.717) is 5.56 Å². The SMILES string of the molecule is C[C@@H](O)Cl.O=C(O)c1ccccc1. The summed E-state index contributed by atoms with van der Waals surface area (Å²) in [4.78, 5) is 10.2. The Balaban J connectivity index is 0.000000310. The lowest BCUT2D eigenvalue weighted by Gasteiger charge is -1.88. The number of aromatic carboxylic acids is 1. The second kappa shape index (κ2) is 6.46. The molecule has 1 rings (SSSR count). The van der Waals surface area contributed by atoms with Crippen LogP contribution in [0.3, 0.4) is 0 Å². The Bertz CT molecular complexity index is 244. The summed E-state index contributed by atoms with van der Waals surface area (Å²) in [6.45, 7) is 1.49. The van der Waals surface area contributed by atoms with Crippen LogP contribution in [-0.2, 0) is 0 Å². The highest BCUT2D eigenvalue weighted by atomic mass is 35.5. The van der Waals surface area contributed by atoms with Crippen LogP contribution in [0.25, 0.3) is 0 Å². The zero-order chi connectivity index (χ0) is 10.3. The lowest BCUT2D eigenvalue weighted by molar-refractivity contribution is 0.0697. The minimum Gasteiger partial charge on any atom is -0.478 e. The van der Waals surface area contributed by atoms with E-state index in [9.17, 15) is 4.79 Å². The summed E-state index contributed by atoms with van der Waals surface area (Å²) in [6.07, 6.45) is 0. The van der Waals surface area contributed by atoms with Gasteiger partial charge in [0.25, 0.3) is 0 Å². The fourth-order valence-corrected chi connectivity index (χ4v) is 0.581. The van der Waals surface area contributed by atoms with E-state index in [1.54, 1.807) is 30.3 Å². The molecule has 1 aromatic carbocycles. The Kier molecular flexibility index (Phi) is 5.93. The predicted molar refractivity (Wildman–Crippen MR) is 50.9 cm³/mol. The Morgan fingerprint density at radius 3 is 2.00 bits per heavy atom. The molecule has 0 aliphatic heterocycles. The van der Waals surface area contributed by atoms with Gasteiger partial charge in [0, 0.05) is 0 Å². The topological polar surface area (TPSA) is 57.5 Å². The zero-order valence-electron chi connectivity index (χ0n) is 7.14. The van der Waals surface area contributed by atoms with Crippen molar-refractivity contribution in [3.8, 4) is 0 Å². The van der Waals surface area contributed by atoms with E-state index < -0.39 is 11.5 Å². The van der Waals surface area contributed by atoms with E-state index in [4.69, 9.17) is 21.8 Å². The molecule has 0 amide bonds. The third-order valence-corrected chi connectivity index (χ3v) is 1.02. The molecular formula is C9H11ClO3. The number of hydrogen-bond donors (Lipinski definition) is 2. The summed E-state index contributed by atoms with van der Waals surface area (Å²) in [7, 11) is 0. The van der Waals surface area contributed by atoms with Gasteiger partial charge in [0.15, 0.2) is 0 Å². The summed E-state index contributed by atoms with van der Waals surface area (Å²) < 4.78 is 0. The van der Waals surface area contributed by atoms with Crippen molar-refractivity contribution in [2.75, 3.05) is 0 Å². The van der Waals surface area contributed by atoms with Crippen molar-refractivity contribution in [1.82, 2.24) is 0 Å². The standard InChI is InChI=1S/C7H6O2.C2H5ClO/c8-7(9)6-4-2-1-3-5-6;1-2(3)4/h1-5H,(H,8,9);2,4H,1H3/t;2-/m.1/s1. The molecule has 1 atom stereocenters. The van der Waals surface area contributed by atoms with Crippen LogP contribution in [0.1, 0.15) is 17.3 Å². The Labute approximate surface area is 81.6 Å². The summed E-state index contributed by atoms with van der Waals surface area (Å²) in [5.74, 6) is -0.879. The molecule has 0 radical (unpaired) electrons. The fourth-order valence-electron chi connectivity index (χ4n) is 0.581. The first-order valence-electron chi connectivity index (χ1n) is 3.64. The van der Waals surface area contributed by atoms with Crippen LogP contribution >= 0.6 is 11.6 Å². The molecule has 0 spiro atoms. The highest BCUT2D eigenvalue weighted by molar-refractivity contribution is 6.19. The van der Waals surface area contributed by atoms with Gasteiger partial charge in [-0.2, -0.15) is 0 Å². The summed E-state index contributed by atoms with van der Waals surface area (Å²) >= 11 is 4.83. The van der Waals surface area contributed by atoms with Crippen molar-refractivity contribution in [2.24, 2.45) is 0 Å². The first kappa shape index (κ1) is 11.9. The van der Waals surface area contributed by atoms with Crippen LogP contribution in [-0.4, -0.2) is 21.7 Å². The lowest BCUT2D eigenvalue weighted by Crippen LogP contribution is -1.93. The summed E-state index contributed by atoms with van der Waals surface area (Å²) in [6, 6.07) is 8.30. The molecule has 0 heterocycles. The Morgan fingerprint density at radius 1 is 1.38 bits per heavy atom. The van der Waals surface area contributed by atoms with Gasteiger partial charge < -0.3 is 10.2 Å². The highest BCUT2D eigenvalue weighted by Crippen LogP contribution is 1.96. The number of rotatable bonds is 1. The number of hydrogen-bond acceptors (Lipinski definition) is 2. The average molecular weight is 203 g/mol. The monoisotopic (exact) mass is 202 g/mol. The first-order chi connectivity index (χ1) is 6.04. The predicted octanol–water partition coefficient (Wildman–Crippen LogP) is 1.95. The number of carboxylic acid groups (broad SMARTS) is 1. The van der Waals surface area contributed by atoms with Crippen LogP contribution in [0.4, 0.5) is 0 Å². The number of aliphatic hydroxyl groups excluding tert-OH is 1. The lowest BCUT2D eigenvalue weighted by atomic mass is 10.2. The van der Waals surface area contributed by atoms with Crippen LogP contribution in [0, 0.1) is 0 Å². The molecule has 0 saturated carbocycles. The molecule has 0 aliphatic rings. The molecule has 0 aromatic heterocycles. The number of benzene rings is 1. The molecule has 2 N–H and O–H groups in total. The van der Waals surface area contributed by atoms with Gasteiger partial charge in [0.1, 0.15) is 5.56 Å². The molecule has 1 aromatic rings. The number of carboxylic acids is 1. The Morgan fingerprint density at radius 2 is 1.77 bits per heavy atom. The van der Waals surface area contributed by atoms with Gasteiger partial charge in [-0.15, -0.1) is 0 Å². The van der Waals surface area contributed by atoms with E-state index in [0.717, 1.165) is 0 Å². The first-order valence-corrected chi connectivity index (χ1v) is 4.08. The zero-order valence-corrected chi connectivity index (χ0v) is 7.90. The van der Waals surface area contributed by atoms with E-state index >= 15 is 0 Å². The number of alkyl halides is 1. The van der Waals surface area contributed by atoms with E-state index in [-0.39, 0.29) is 0 Å². The number of carbonyl (C=O) groups is 1. The molecular weight excluding hydrogens is 192 g/mol. The molecule has 72 valence electrons. The van der Waals surface area contributed by atoms with Crippen molar-refractivity contribution in [3.05, 3.63) is 35.9 Å². The maximum atomic E-state index is 10.2. The van der Waals surface area contributed by atoms with Crippen molar-refractivity contribution in [3.63, 3.8) is 0 Å². The van der Waals surface area contributed by atoms with Gasteiger partial charge in [-0.25, -0.2) is 4.79 Å². The molecule has 3 nitrogen and oxygen atoms in total. The van der Waals surface area contributed by atoms with Crippen LogP contribution in [0.2, 0.25) is 0 Å². The van der Waals surface area contributed by atoms with E-state index in [1.807, 2.05) is 0 Å². The third-order valence-electron chi connectivity index (χ3n) is 1.02. The van der Waals surface area contributed by atoms with E-state index in [1.165, 1.54) is 6.92 Å². The fraction of sp³-hybridized carbons (Fsp3) is 0.222. The number of aliphatic hydroxyl groups is 1. The van der Waals surface area contributed by atoms with Crippen molar-refractivity contribution in [2.45, 2.75) is 12.5 Å². The molecule has 0 bridgehead atoms. The maximum Gasteiger partial charge on any atom is 0.335 e. The van der Waals surface area contributed by atoms with Crippen LogP contribution in [0.15, 0.2) is 30.3 Å². The third kappa shape index (κ3) is 7.31. The van der Waals surface area contributed by atoms with Gasteiger partial charge in [-0.05, 0) is 19.1 Å². The van der Waals surface area contributed by atoms with Gasteiger partial charge in [-0.3, -0.25) is 0 Å². The van der Waals surface area contributed by atoms with Crippen molar-refractivity contribution in [1.29, 1.82) is 0 Å². The van der Waals surface area contributed by atoms with Crippen LogP contribution in [0.5, 0.6) is 0 Å². The Hall–Kier alpha value is -1.06. The minimum atomic E-state index is -0.879.